The number of carbonyl (C=O) groups excluding carboxylic acids is 1. The molecule has 1 amide bonds. The average molecular weight is 302 g/mol. The molecule has 6 heteroatoms. The topological polar surface area (TPSA) is 48.0 Å². The van der Waals surface area contributed by atoms with E-state index in [1.807, 2.05) is 13.8 Å². The maximum Gasteiger partial charge on any atom is 0.316 e. The van der Waals surface area contributed by atoms with Gasteiger partial charge in [-0.3, -0.25) is 4.79 Å². The molecule has 0 atom stereocenters. The first-order chi connectivity index (χ1) is 9.44. The zero-order chi connectivity index (χ0) is 15.3. The lowest BCUT2D eigenvalue weighted by molar-refractivity contribution is 0.202. The lowest BCUT2D eigenvalue weighted by atomic mass is 10.1. The van der Waals surface area contributed by atoms with Gasteiger partial charge in [0.1, 0.15) is 17.2 Å². The SMILES string of the molecule is COc1cc(OC)c(CN(C(=O)Cl)C(C)C)c(OC)c1. The Labute approximate surface area is 124 Å². The van der Waals surface area contributed by atoms with Gasteiger partial charge in [0.25, 0.3) is 0 Å². The van der Waals surface area contributed by atoms with E-state index in [-0.39, 0.29) is 6.04 Å². The summed E-state index contributed by atoms with van der Waals surface area (Å²) < 4.78 is 15.9. The number of hydrogen-bond acceptors (Lipinski definition) is 4. The van der Waals surface area contributed by atoms with Crippen LogP contribution in [0.4, 0.5) is 4.79 Å². The van der Waals surface area contributed by atoms with Crippen molar-refractivity contribution in [3.63, 3.8) is 0 Å². The fraction of sp³-hybridized carbons (Fsp3) is 0.500. The molecule has 0 aliphatic heterocycles. The zero-order valence-electron chi connectivity index (χ0n) is 12.4. The summed E-state index contributed by atoms with van der Waals surface area (Å²) >= 11 is 5.62. The van der Waals surface area contributed by atoms with Crippen LogP contribution in [0, 0.1) is 0 Å². The molecule has 112 valence electrons. The smallest absolute Gasteiger partial charge is 0.316 e. The quantitative estimate of drug-likeness (QED) is 0.597. The van der Waals surface area contributed by atoms with Crippen molar-refractivity contribution in [2.75, 3.05) is 21.3 Å². The molecule has 0 saturated carbocycles. The van der Waals surface area contributed by atoms with Gasteiger partial charge >= 0.3 is 5.37 Å². The molecule has 0 heterocycles. The molecule has 0 unspecified atom stereocenters. The Hall–Kier alpha value is -1.62. The van der Waals surface area contributed by atoms with E-state index in [1.54, 1.807) is 33.5 Å². The fourth-order valence-electron chi connectivity index (χ4n) is 1.85. The molecule has 0 N–H and O–H groups in total. The number of ether oxygens (including phenoxy) is 3. The van der Waals surface area contributed by atoms with Crippen LogP contribution in [0.25, 0.3) is 0 Å². The van der Waals surface area contributed by atoms with Crippen molar-refractivity contribution in [3.05, 3.63) is 17.7 Å². The maximum atomic E-state index is 11.5. The van der Waals surface area contributed by atoms with E-state index >= 15 is 0 Å². The molecular weight excluding hydrogens is 282 g/mol. The summed E-state index contributed by atoms with van der Waals surface area (Å²) in [6.45, 7) is 4.09. The van der Waals surface area contributed by atoms with Crippen LogP contribution in [0.15, 0.2) is 12.1 Å². The fourth-order valence-corrected chi connectivity index (χ4v) is 2.11. The van der Waals surface area contributed by atoms with Crippen molar-refractivity contribution in [3.8, 4) is 17.2 Å². The molecule has 5 nitrogen and oxygen atoms in total. The molecule has 0 fully saturated rings. The largest absolute Gasteiger partial charge is 0.496 e. The summed E-state index contributed by atoms with van der Waals surface area (Å²) in [5.41, 5.74) is 0.749. The van der Waals surface area contributed by atoms with Crippen LogP contribution in [0.5, 0.6) is 17.2 Å². The van der Waals surface area contributed by atoms with Crippen LogP contribution in [0.1, 0.15) is 19.4 Å². The number of halogens is 1. The number of rotatable bonds is 6. The molecule has 0 spiro atoms. The summed E-state index contributed by atoms with van der Waals surface area (Å²) in [6.07, 6.45) is 0. The second-order valence-corrected chi connectivity index (χ2v) is 4.81. The van der Waals surface area contributed by atoms with Gasteiger partial charge in [0.15, 0.2) is 0 Å². The van der Waals surface area contributed by atoms with Crippen molar-refractivity contribution in [1.29, 1.82) is 0 Å². The Balaban J connectivity index is 3.24. The molecule has 20 heavy (non-hydrogen) atoms. The van der Waals surface area contributed by atoms with E-state index in [0.29, 0.717) is 23.8 Å². The van der Waals surface area contributed by atoms with Gasteiger partial charge in [-0.15, -0.1) is 0 Å². The average Bonchev–Trinajstić information content (AvgIpc) is 2.42. The highest BCUT2D eigenvalue weighted by molar-refractivity contribution is 6.62. The van der Waals surface area contributed by atoms with Gasteiger partial charge in [-0.05, 0) is 25.4 Å². The first kappa shape index (κ1) is 16.4. The van der Waals surface area contributed by atoms with Gasteiger partial charge in [-0.25, -0.2) is 0 Å². The molecule has 0 aromatic heterocycles. The van der Waals surface area contributed by atoms with Crippen LogP contribution >= 0.6 is 11.6 Å². The number of hydrogen-bond donors (Lipinski definition) is 0. The van der Waals surface area contributed by atoms with E-state index in [0.717, 1.165) is 5.56 Å². The Morgan fingerprint density at radius 2 is 1.65 bits per heavy atom. The Morgan fingerprint density at radius 3 is 1.95 bits per heavy atom. The van der Waals surface area contributed by atoms with E-state index in [4.69, 9.17) is 25.8 Å². The Morgan fingerprint density at radius 1 is 1.15 bits per heavy atom. The number of carbonyl (C=O) groups is 1. The van der Waals surface area contributed by atoms with Gasteiger partial charge < -0.3 is 19.1 Å². The Kier molecular flexibility index (Phi) is 5.95. The lowest BCUT2D eigenvalue weighted by Crippen LogP contribution is -2.32. The molecule has 0 bridgehead atoms. The monoisotopic (exact) mass is 301 g/mol. The molecule has 1 aromatic carbocycles. The van der Waals surface area contributed by atoms with Gasteiger partial charge in [-0.1, -0.05) is 0 Å². The third-order valence-electron chi connectivity index (χ3n) is 2.99. The standard InChI is InChI=1S/C14H20ClNO4/c1-9(2)16(14(15)17)8-11-12(19-4)6-10(18-3)7-13(11)20-5/h6-7,9H,8H2,1-5H3. The minimum Gasteiger partial charge on any atom is -0.496 e. The first-order valence-electron chi connectivity index (χ1n) is 6.19. The molecule has 1 aromatic rings. The van der Waals surface area contributed by atoms with Crippen molar-refractivity contribution < 1.29 is 19.0 Å². The Bertz CT molecular complexity index is 451. The van der Waals surface area contributed by atoms with Crippen molar-refractivity contribution in [2.24, 2.45) is 0 Å². The van der Waals surface area contributed by atoms with Crippen LogP contribution in [0.2, 0.25) is 0 Å². The molecule has 0 saturated heterocycles. The number of methoxy groups -OCH3 is 3. The third-order valence-corrected chi connectivity index (χ3v) is 3.21. The van der Waals surface area contributed by atoms with Crippen molar-refractivity contribution in [1.82, 2.24) is 4.90 Å². The highest BCUT2D eigenvalue weighted by Gasteiger charge is 2.21. The van der Waals surface area contributed by atoms with E-state index < -0.39 is 5.37 Å². The van der Waals surface area contributed by atoms with Crippen LogP contribution in [-0.4, -0.2) is 37.6 Å². The van der Waals surface area contributed by atoms with Crippen LogP contribution in [-0.2, 0) is 6.54 Å². The summed E-state index contributed by atoms with van der Waals surface area (Å²) in [7, 11) is 4.68. The molecule has 0 aliphatic carbocycles. The van der Waals surface area contributed by atoms with Crippen LogP contribution < -0.4 is 14.2 Å². The molecule has 0 aliphatic rings. The van der Waals surface area contributed by atoms with Gasteiger partial charge in [0.05, 0.1) is 33.4 Å². The lowest BCUT2D eigenvalue weighted by Gasteiger charge is -2.26. The third kappa shape index (κ3) is 3.70. The maximum absolute atomic E-state index is 11.5. The minimum absolute atomic E-state index is 0.0310. The van der Waals surface area contributed by atoms with Gasteiger partial charge in [0.2, 0.25) is 0 Å². The molecule has 0 radical (unpaired) electrons. The normalized spacial score (nSPS) is 10.3. The first-order valence-corrected chi connectivity index (χ1v) is 6.57. The summed E-state index contributed by atoms with van der Waals surface area (Å²) in [5.74, 6) is 1.80. The predicted octanol–water partition coefficient (Wildman–Crippen LogP) is 3.28. The van der Waals surface area contributed by atoms with Crippen LogP contribution in [0.3, 0.4) is 0 Å². The van der Waals surface area contributed by atoms with E-state index in [1.165, 1.54) is 4.90 Å². The highest BCUT2D eigenvalue weighted by Crippen LogP contribution is 2.35. The molecule has 1 rings (SSSR count). The highest BCUT2D eigenvalue weighted by atomic mass is 35.5. The van der Waals surface area contributed by atoms with Crippen molar-refractivity contribution >= 4 is 17.0 Å². The number of nitrogens with zero attached hydrogens (tertiary/aromatic N) is 1. The summed E-state index contributed by atoms with van der Waals surface area (Å²) in [5, 5.41) is -0.514. The van der Waals surface area contributed by atoms with E-state index in [9.17, 15) is 4.79 Å². The second-order valence-electron chi connectivity index (χ2n) is 4.49. The predicted molar refractivity (Wildman–Crippen MR) is 78.0 cm³/mol. The van der Waals surface area contributed by atoms with E-state index in [2.05, 4.69) is 0 Å². The summed E-state index contributed by atoms with van der Waals surface area (Å²) in [4.78, 5) is 13.0. The second kappa shape index (κ2) is 7.24. The minimum atomic E-state index is -0.514. The zero-order valence-corrected chi connectivity index (χ0v) is 13.2. The number of benzene rings is 1. The van der Waals surface area contributed by atoms with Gasteiger partial charge in [0, 0.05) is 18.2 Å². The van der Waals surface area contributed by atoms with Gasteiger partial charge in [-0.2, -0.15) is 0 Å². The number of amides is 1. The molecular formula is C14H20ClNO4. The summed E-state index contributed by atoms with van der Waals surface area (Å²) in [6, 6.07) is 3.46. The van der Waals surface area contributed by atoms with Crippen molar-refractivity contribution in [2.45, 2.75) is 26.4 Å².